The molecular weight excluding hydrogens is 243 g/mol. The Kier molecular flexibility index (Phi) is 5.47. The number of rotatable bonds is 6. The van der Waals surface area contributed by atoms with E-state index in [1.165, 1.54) is 0 Å². The van der Waals surface area contributed by atoms with Gasteiger partial charge in [-0.3, -0.25) is 0 Å². The van der Waals surface area contributed by atoms with Gasteiger partial charge in [-0.15, -0.1) is 0 Å². The van der Waals surface area contributed by atoms with Gasteiger partial charge in [0.05, 0.1) is 12.5 Å². The lowest BCUT2D eigenvalue weighted by Gasteiger charge is -2.14. The molecule has 0 bridgehead atoms. The summed E-state index contributed by atoms with van der Waals surface area (Å²) in [5, 5.41) is 2.77. The fourth-order valence-electron chi connectivity index (χ4n) is 1.47. The van der Waals surface area contributed by atoms with Crippen molar-refractivity contribution >= 4 is 0 Å². The fraction of sp³-hybridized carbons (Fsp3) is 0.538. The van der Waals surface area contributed by atoms with Crippen molar-refractivity contribution in [3.05, 3.63) is 29.8 Å². The SMILES string of the molecule is CC(C)Oc1ccccc1CNCCC(F)(F)F. The molecule has 0 aliphatic rings. The zero-order chi connectivity index (χ0) is 13.6. The van der Waals surface area contributed by atoms with Crippen LogP contribution in [-0.2, 0) is 6.54 Å². The lowest BCUT2D eigenvalue weighted by molar-refractivity contribution is -0.133. The van der Waals surface area contributed by atoms with E-state index in [-0.39, 0.29) is 12.6 Å². The number of alkyl halides is 3. The number of hydrogen-bond donors (Lipinski definition) is 1. The van der Waals surface area contributed by atoms with E-state index >= 15 is 0 Å². The van der Waals surface area contributed by atoms with E-state index in [4.69, 9.17) is 4.74 Å². The summed E-state index contributed by atoms with van der Waals surface area (Å²) in [5.41, 5.74) is 0.869. The van der Waals surface area contributed by atoms with E-state index in [1.54, 1.807) is 0 Å². The molecule has 0 amide bonds. The number of para-hydroxylation sites is 1. The normalized spacial score (nSPS) is 11.9. The van der Waals surface area contributed by atoms with E-state index in [0.717, 1.165) is 5.56 Å². The average Bonchev–Trinajstić information content (AvgIpc) is 2.24. The van der Waals surface area contributed by atoms with Gasteiger partial charge in [-0.05, 0) is 19.9 Å². The number of benzene rings is 1. The van der Waals surface area contributed by atoms with Crippen LogP contribution < -0.4 is 10.1 Å². The van der Waals surface area contributed by atoms with Crippen LogP contribution in [0.5, 0.6) is 5.75 Å². The molecule has 102 valence electrons. The molecule has 0 aromatic heterocycles. The standard InChI is InChI=1S/C13H18F3NO/c1-10(2)18-12-6-4-3-5-11(12)9-17-8-7-13(14,15)16/h3-6,10,17H,7-9H2,1-2H3. The molecule has 1 aromatic rings. The van der Waals surface area contributed by atoms with Crippen LogP contribution in [0.4, 0.5) is 13.2 Å². The Morgan fingerprint density at radius 1 is 1.22 bits per heavy atom. The van der Waals surface area contributed by atoms with Crippen LogP contribution in [0, 0.1) is 0 Å². The van der Waals surface area contributed by atoms with Crippen molar-refractivity contribution in [3.63, 3.8) is 0 Å². The zero-order valence-corrected chi connectivity index (χ0v) is 10.6. The molecule has 0 atom stereocenters. The fourth-order valence-corrected chi connectivity index (χ4v) is 1.47. The Morgan fingerprint density at radius 2 is 1.89 bits per heavy atom. The first-order chi connectivity index (χ1) is 8.38. The largest absolute Gasteiger partial charge is 0.491 e. The van der Waals surface area contributed by atoms with Gasteiger partial charge in [0.1, 0.15) is 5.75 Å². The minimum Gasteiger partial charge on any atom is -0.491 e. The third-order valence-electron chi connectivity index (χ3n) is 2.24. The maximum absolute atomic E-state index is 12.0. The van der Waals surface area contributed by atoms with Gasteiger partial charge in [-0.1, -0.05) is 18.2 Å². The molecule has 0 saturated carbocycles. The van der Waals surface area contributed by atoms with Crippen molar-refractivity contribution in [3.8, 4) is 5.75 Å². The Morgan fingerprint density at radius 3 is 2.50 bits per heavy atom. The summed E-state index contributed by atoms with van der Waals surface area (Å²) >= 11 is 0. The van der Waals surface area contributed by atoms with Gasteiger partial charge < -0.3 is 10.1 Å². The second-order valence-electron chi connectivity index (χ2n) is 4.32. The number of nitrogens with one attached hydrogen (secondary N) is 1. The van der Waals surface area contributed by atoms with Gasteiger partial charge >= 0.3 is 6.18 Å². The second kappa shape index (κ2) is 6.64. The maximum atomic E-state index is 12.0. The van der Waals surface area contributed by atoms with Crippen LogP contribution in [-0.4, -0.2) is 18.8 Å². The molecule has 0 aliphatic heterocycles. The molecule has 5 heteroatoms. The Hall–Kier alpha value is -1.23. The van der Waals surface area contributed by atoms with Crippen LogP contribution in [0.15, 0.2) is 24.3 Å². The van der Waals surface area contributed by atoms with Crippen molar-refractivity contribution in [2.45, 2.75) is 39.1 Å². The third-order valence-corrected chi connectivity index (χ3v) is 2.24. The number of halogens is 3. The quantitative estimate of drug-likeness (QED) is 0.791. The highest BCUT2D eigenvalue weighted by Gasteiger charge is 2.25. The molecule has 1 aromatic carbocycles. The highest BCUT2D eigenvalue weighted by atomic mass is 19.4. The molecule has 0 heterocycles. The second-order valence-corrected chi connectivity index (χ2v) is 4.32. The molecular formula is C13H18F3NO. The summed E-state index contributed by atoms with van der Waals surface area (Å²) in [6.07, 6.45) is -4.89. The molecule has 0 saturated heterocycles. The predicted octanol–water partition coefficient (Wildman–Crippen LogP) is 3.52. The van der Waals surface area contributed by atoms with Crippen LogP contribution in [0.25, 0.3) is 0 Å². The molecule has 0 fully saturated rings. The number of hydrogen-bond acceptors (Lipinski definition) is 2. The molecule has 1 N–H and O–H groups in total. The molecule has 0 radical (unpaired) electrons. The van der Waals surface area contributed by atoms with E-state index < -0.39 is 12.6 Å². The van der Waals surface area contributed by atoms with Gasteiger partial charge in [0.2, 0.25) is 0 Å². The first-order valence-corrected chi connectivity index (χ1v) is 5.90. The number of ether oxygens (including phenoxy) is 1. The van der Waals surface area contributed by atoms with Crippen LogP contribution >= 0.6 is 0 Å². The van der Waals surface area contributed by atoms with Crippen molar-refractivity contribution in [2.75, 3.05) is 6.54 Å². The van der Waals surface area contributed by atoms with Crippen molar-refractivity contribution < 1.29 is 17.9 Å². The average molecular weight is 261 g/mol. The van der Waals surface area contributed by atoms with Gasteiger partial charge in [-0.2, -0.15) is 13.2 Å². The van der Waals surface area contributed by atoms with Crippen molar-refractivity contribution in [1.29, 1.82) is 0 Å². The van der Waals surface area contributed by atoms with E-state index in [2.05, 4.69) is 5.32 Å². The minimum atomic E-state index is -4.11. The highest BCUT2D eigenvalue weighted by molar-refractivity contribution is 5.33. The van der Waals surface area contributed by atoms with E-state index in [1.807, 2.05) is 38.1 Å². The summed E-state index contributed by atoms with van der Waals surface area (Å²) in [5.74, 6) is 0.715. The van der Waals surface area contributed by atoms with Gasteiger partial charge in [0, 0.05) is 18.7 Å². The minimum absolute atomic E-state index is 0.0429. The lowest BCUT2D eigenvalue weighted by atomic mass is 10.2. The van der Waals surface area contributed by atoms with Gasteiger partial charge in [0.15, 0.2) is 0 Å². The third kappa shape index (κ3) is 5.91. The van der Waals surface area contributed by atoms with E-state index in [0.29, 0.717) is 12.3 Å². The Labute approximate surface area is 105 Å². The molecule has 0 aliphatic carbocycles. The molecule has 0 spiro atoms. The monoisotopic (exact) mass is 261 g/mol. The first kappa shape index (κ1) is 14.8. The summed E-state index contributed by atoms with van der Waals surface area (Å²) in [6.45, 7) is 4.11. The summed E-state index contributed by atoms with van der Waals surface area (Å²) < 4.78 is 41.5. The summed E-state index contributed by atoms with van der Waals surface area (Å²) in [6, 6.07) is 7.35. The van der Waals surface area contributed by atoms with Crippen LogP contribution in [0.1, 0.15) is 25.8 Å². The lowest BCUT2D eigenvalue weighted by Crippen LogP contribution is -2.21. The van der Waals surface area contributed by atoms with Crippen LogP contribution in [0.2, 0.25) is 0 Å². The molecule has 1 rings (SSSR count). The summed E-state index contributed by atoms with van der Waals surface area (Å²) in [7, 11) is 0. The molecule has 2 nitrogen and oxygen atoms in total. The Bertz CT molecular complexity index is 363. The van der Waals surface area contributed by atoms with Crippen molar-refractivity contribution in [1.82, 2.24) is 5.32 Å². The van der Waals surface area contributed by atoms with Crippen molar-refractivity contribution in [2.24, 2.45) is 0 Å². The smallest absolute Gasteiger partial charge is 0.390 e. The van der Waals surface area contributed by atoms with E-state index in [9.17, 15) is 13.2 Å². The Balaban J connectivity index is 2.46. The maximum Gasteiger partial charge on any atom is 0.390 e. The molecule has 0 unspecified atom stereocenters. The van der Waals surface area contributed by atoms with Gasteiger partial charge in [0.25, 0.3) is 0 Å². The zero-order valence-electron chi connectivity index (χ0n) is 10.6. The highest BCUT2D eigenvalue weighted by Crippen LogP contribution is 2.20. The molecule has 18 heavy (non-hydrogen) atoms. The van der Waals surface area contributed by atoms with Gasteiger partial charge in [-0.25, -0.2) is 0 Å². The first-order valence-electron chi connectivity index (χ1n) is 5.90. The van der Waals surface area contributed by atoms with Crippen LogP contribution in [0.3, 0.4) is 0 Å². The summed E-state index contributed by atoms with van der Waals surface area (Å²) in [4.78, 5) is 0. The topological polar surface area (TPSA) is 21.3 Å². The predicted molar refractivity (Wildman–Crippen MR) is 64.6 cm³/mol.